The first-order chi connectivity index (χ1) is 38.2. The van der Waals surface area contributed by atoms with Crippen molar-refractivity contribution in [3.63, 3.8) is 0 Å². The Morgan fingerprint density at radius 3 is 1.04 bits per heavy atom. The molecule has 10 aromatic carbocycles. The number of hydrogen-bond donors (Lipinski definition) is 0. The minimum absolute atomic E-state index is 1.12. The molecule has 0 saturated carbocycles. The molecule has 0 fully saturated rings. The Bertz CT molecular complexity index is 3360. The van der Waals surface area contributed by atoms with Crippen LogP contribution in [0.15, 0.2) is 206 Å². The highest BCUT2D eigenvalue weighted by molar-refractivity contribution is 6.09. The van der Waals surface area contributed by atoms with Crippen molar-refractivity contribution in [1.29, 1.82) is 0 Å². The molecule has 78 heavy (non-hydrogen) atoms. The Morgan fingerprint density at radius 2 is 0.641 bits per heavy atom. The summed E-state index contributed by atoms with van der Waals surface area (Å²) in [5.74, 6) is 0. The van der Waals surface area contributed by atoms with Crippen LogP contribution in [-0.4, -0.2) is 0 Å². The monoisotopic (exact) mass is 1020 g/mol. The Kier molecular flexibility index (Phi) is 17.7. The normalized spacial score (nSPS) is 11.4. The van der Waals surface area contributed by atoms with Crippen LogP contribution in [0.3, 0.4) is 0 Å². The maximum Gasteiger partial charge on any atom is 0.0464 e. The quantitative estimate of drug-likeness (QED) is 0.0589. The van der Waals surface area contributed by atoms with Crippen LogP contribution in [0.5, 0.6) is 0 Å². The van der Waals surface area contributed by atoms with E-state index < -0.39 is 0 Å². The molecule has 0 aliphatic carbocycles. The zero-order valence-electron chi connectivity index (χ0n) is 47.4. The van der Waals surface area contributed by atoms with Gasteiger partial charge in [0.2, 0.25) is 0 Å². The smallest absolute Gasteiger partial charge is 0.0464 e. The van der Waals surface area contributed by atoms with E-state index in [4.69, 9.17) is 0 Å². The third kappa shape index (κ3) is 12.7. The number of benzene rings is 10. The van der Waals surface area contributed by atoms with Gasteiger partial charge in [-0.25, -0.2) is 0 Å². The highest BCUT2D eigenvalue weighted by Gasteiger charge is 2.19. The second kappa shape index (κ2) is 25.6. The molecule has 0 heterocycles. The summed E-state index contributed by atoms with van der Waals surface area (Å²) in [6.07, 6.45) is 18.0. The largest absolute Gasteiger partial charge is 0.310 e. The summed E-state index contributed by atoms with van der Waals surface area (Å²) >= 11 is 0. The van der Waals surface area contributed by atoms with Crippen molar-refractivity contribution in [2.45, 2.75) is 131 Å². The van der Waals surface area contributed by atoms with Gasteiger partial charge in [-0.3, -0.25) is 0 Å². The predicted octanol–water partition coefficient (Wildman–Crippen LogP) is 23.0. The zero-order chi connectivity index (χ0) is 53.8. The molecule has 0 aliphatic heterocycles. The van der Waals surface area contributed by atoms with Crippen molar-refractivity contribution in [2.75, 3.05) is 9.80 Å². The fourth-order valence-electron chi connectivity index (χ4n) is 11.9. The minimum Gasteiger partial charge on any atom is -0.310 e. The van der Waals surface area contributed by atoms with Gasteiger partial charge >= 0.3 is 0 Å². The fraction of sp³-hybridized carbons (Fsp3) is 0.263. The molecule has 2 nitrogen and oxygen atoms in total. The molecule has 0 atom stereocenters. The van der Waals surface area contributed by atoms with Gasteiger partial charge in [-0.2, -0.15) is 0 Å². The van der Waals surface area contributed by atoms with Crippen molar-refractivity contribution >= 4 is 55.7 Å². The number of aryl methyl sites for hydroxylation is 6. The van der Waals surface area contributed by atoms with Gasteiger partial charge in [-0.15, -0.1) is 0 Å². The molecule has 0 aliphatic rings. The van der Waals surface area contributed by atoms with Crippen molar-refractivity contribution in [3.05, 3.63) is 240 Å². The summed E-state index contributed by atoms with van der Waals surface area (Å²) < 4.78 is 0. The molecular formula is C76H80N2. The van der Waals surface area contributed by atoms with E-state index in [9.17, 15) is 0 Å². The van der Waals surface area contributed by atoms with Crippen molar-refractivity contribution in [3.8, 4) is 33.4 Å². The lowest BCUT2D eigenvalue weighted by molar-refractivity contribution is 0.607. The molecule has 10 rings (SSSR count). The Hall–Kier alpha value is -7.68. The lowest BCUT2D eigenvalue weighted by Crippen LogP contribution is -2.10. The molecule has 0 amide bonds. The number of unbranched alkanes of at least 4 members (excludes halogenated alkanes) is 10. The first-order valence-electron chi connectivity index (χ1n) is 29.4. The Labute approximate surface area is 467 Å². The maximum absolute atomic E-state index is 2.42. The van der Waals surface area contributed by atoms with E-state index in [1.54, 1.807) is 0 Å². The SMILES string of the molecule is CCCCCCCCc1cccc(N(c2ccc(-c3ccc4c(-c5c(C)ccc6cc(-c7ccc(N(c8cccc(C)c8)c8cccc(CCCCCCCC)c8)cc7)ccc56)c(C)ccc4c3)cc2)c2cccc(C)c2)c1. The second-order valence-corrected chi connectivity index (χ2v) is 22.2. The van der Waals surface area contributed by atoms with Gasteiger partial charge in [-0.1, -0.05) is 199 Å². The van der Waals surface area contributed by atoms with Crippen LogP contribution in [0.4, 0.5) is 34.1 Å². The van der Waals surface area contributed by atoms with Gasteiger partial charge in [0.05, 0.1) is 0 Å². The van der Waals surface area contributed by atoms with Gasteiger partial charge in [0.15, 0.2) is 0 Å². The van der Waals surface area contributed by atoms with E-state index in [0.29, 0.717) is 0 Å². The third-order valence-electron chi connectivity index (χ3n) is 16.1. The summed E-state index contributed by atoms with van der Waals surface area (Å²) in [6.45, 7) is 13.5. The number of hydrogen-bond acceptors (Lipinski definition) is 2. The molecule has 0 unspecified atom stereocenters. The molecule has 10 aromatic rings. The summed E-state index contributed by atoms with van der Waals surface area (Å²) in [6, 6.07) is 77.9. The molecule has 2 heteroatoms. The fourth-order valence-corrected chi connectivity index (χ4v) is 11.9. The molecule has 0 spiro atoms. The van der Waals surface area contributed by atoms with Crippen LogP contribution in [0.25, 0.3) is 54.9 Å². The topological polar surface area (TPSA) is 6.48 Å². The number of anilines is 6. The van der Waals surface area contributed by atoms with E-state index >= 15 is 0 Å². The van der Waals surface area contributed by atoms with Crippen molar-refractivity contribution < 1.29 is 0 Å². The van der Waals surface area contributed by atoms with Crippen LogP contribution in [0.2, 0.25) is 0 Å². The van der Waals surface area contributed by atoms with Crippen molar-refractivity contribution in [1.82, 2.24) is 0 Å². The lowest BCUT2D eigenvalue weighted by atomic mass is 9.86. The summed E-state index contributed by atoms with van der Waals surface area (Å²) in [5, 5.41) is 5.06. The van der Waals surface area contributed by atoms with E-state index in [1.807, 2.05) is 0 Å². The number of fused-ring (bicyclic) bond motifs is 2. The summed E-state index contributed by atoms with van der Waals surface area (Å²) in [5.41, 5.74) is 22.5. The molecule has 0 N–H and O–H groups in total. The van der Waals surface area contributed by atoms with E-state index in [0.717, 1.165) is 24.2 Å². The van der Waals surface area contributed by atoms with E-state index in [2.05, 4.69) is 258 Å². The molecule has 0 radical (unpaired) electrons. The van der Waals surface area contributed by atoms with Crippen LogP contribution < -0.4 is 9.80 Å². The number of nitrogens with zero attached hydrogens (tertiary/aromatic N) is 2. The molecule has 0 aromatic heterocycles. The van der Waals surface area contributed by atoms with Gasteiger partial charge < -0.3 is 9.80 Å². The Morgan fingerprint density at radius 1 is 0.282 bits per heavy atom. The van der Waals surface area contributed by atoms with E-state index in [-0.39, 0.29) is 0 Å². The summed E-state index contributed by atoms with van der Waals surface area (Å²) in [7, 11) is 0. The second-order valence-electron chi connectivity index (χ2n) is 22.2. The van der Waals surface area contributed by atoms with Crippen LogP contribution in [-0.2, 0) is 12.8 Å². The highest BCUT2D eigenvalue weighted by Crippen LogP contribution is 2.43. The number of rotatable bonds is 23. The van der Waals surface area contributed by atoms with Crippen LogP contribution >= 0.6 is 0 Å². The average Bonchev–Trinajstić information content (AvgIpc) is 3.47. The zero-order valence-corrected chi connectivity index (χ0v) is 47.4. The van der Waals surface area contributed by atoms with Crippen LogP contribution in [0, 0.1) is 27.7 Å². The van der Waals surface area contributed by atoms with Gasteiger partial charge in [0, 0.05) is 34.1 Å². The van der Waals surface area contributed by atoms with Gasteiger partial charge in [-0.05, 0) is 227 Å². The first kappa shape index (κ1) is 53.7. The third-order valence-corrected chi connectivity index (χ3v) is 16.1. The Balaban J connectivity index is 0.909. The first-order valence-corrected chi connectivity index (χ1v) is 29.4. The van der Waals surface area contributed by atoms with E-state index in [1.165, 1.54) is 188 Å². The van der Waals surface area contributed by atoms with Crippen LogP contribution in [0.1, 0.15) is 124 Å². The predicted molar refractivity (Wildman–Crippen MR) is 340 cm³/mol. The maximum atomic E-state index is 2.42. The minimum atomic E-state index is 1.12. The standard InChI is InChI=1S/C76H80N2/c1-7-9-11-13-15-17-25-59-27-21-31-71(51-59)77(69-29-19-23-55(3)49-69)67-43-37-61(38-44-67)63-41-47-73-65(53-63)35-33-57(5)75(73)76-58(6)34-36-66-54-64(42-48-74(66)76)62-39-45-68(46-40-62)78(70-30-20-24-56(4)50-70)72-32-22-28-60(52-72)26-18-16-14-12-10-8-2/h19-24,27-54H,7-18,25-26H2,1-6H3. The van der Waals surface area contributed by atoms with Gasteiger partial charge in [0.25, 0.3) is 0 Å². The van der Waals surface area contributed by atoms with Gasteiger partial charge in [0.1, 0.15) is 0 Å². The molecular weight excluding hydrogens is 941 g/mol. The average molecular weight is 1020 g/mol. The molecule has 0 saturated heterocycles. The van der Waals surface area contributed by atoms with Crippen molar-refractivity contribution in [2.24, 2.45) is 0 Å². The highest BCUT2D eigenvalue weighted by atomic mass is 15.1. The molecule has 0 bridgehead atoms. The lowest BCUT2D eigenvalue weighted by Gasteiger charge is -2.26. The summed E-state index contributed by atoms with van der Waals surface area (Å²) in [4.78, 5) is 4.84. The molecule has 394 valence electrons.